The lowest BCUT2D eigenvalue weighted by Crippen LogP contribution is -2.54. The Morgan fingerprint density at radius 2 is 1.91 bits per heavy atom. The molecule has 0 radical (unpaired) electrons. The van der Waals surface area contributed by atoms with E-state index in [9.17, 15) is 14.7 Å². The Morgan fingerprint density at radius 3 is 2.61 bits per heavy atom. The van der Waals surface area contributed by atoms with Gasteiger partial charge in [-0.2, -0.15) is 0 Å². The molecule has 0 spiro atoms. The minimum atomic E-state index is -1.48. The first-order chi connectivity index (χ1) is 15.7. The standard InChI is InChI=1S/C27H41NO5/c1-5-23(17-22-11-7-6-8-12-22)21(4)32-26(30)24-13-9-10-16-28(24)25(29)18-27(31)19(2)14-15-20(3)33-27/h6-8,11-12,19-21,23-24,31H,5,9-10,13-18H2,1-4H3/t19-,20?,21+,23-,24+,27+/m1/s1. The average molecular weight is 460 g/mol. The normalized spacial score (nSPS) is 29.8. The molecule has 1 N–H and O–H groups in total. The first-order valence-electron chi connectivity index (χ1n) is 12.7. The second-order valence-electron chi connectivity index (χ2n) is 10.0. The third-order valence-electron chi connectivity index (χ3n) is 7.51. The number of esters is 1. The number of likely N-dealkylation sites (tertiary alicyclic amines) is 1. The lowest BCUT2D eigenvalue weighted by molar-refractivity contribution is -0.277. The second kappa shape index (κ2) is 11.5. The van der Waals surface area contributed by atoms with E-state index >= 15 is 0 Å². The maximum atomic E-state index is 13.2. The van der Waals surface area contributed by atoms with Gasteiger partial charge < -0.3 is 19.5 Å². The van der Waals surface area contributed by atoms with E-state index in [1.165, 1.54) is 5.56 Å². The minimum absolute atomic E-state index is 0.0856. The van der Waals surface area contributed by atoms with Crippen molar-refractivity contribution >= 4 is 11.9 Å². The molecule has 0 aromatic heterocycles. The molecule has 0 saturated carbocycles. The van der Waals surface area contributed by atoms with E-state index in [4.69, 9.17) is 9.47 Å². The Bertz CT molecular complexity index is 784. The van der Waals surface area contributed by atoms with E-state index in [0.717, 1.165) is 38.5 Å². The van der Waals surface area contributed by atoms with E-state index in [1.54, 1.807) is 4.90 Å². The number of carbonyl (C=O) groups is 2. The lowest BCUT2D eigenvalue weighted by atomic mass is 9.87. The molecule has 0 aliphatic carbocycles. The highest BCUT2D eigenvalue weighted by Gasteiger charge is 2.44. The van der Waals surface area contributed by atoms with Crippen molar-refractivity contribution < 1.29 is 24.2 Å². The summed E-state index contributed by atoms with van der Waals surface area (Å²) < 4.78 is 11.7. The monoisotopic (exact) mass is 459 g/mol. The molecule has 3 rings (SSSR count). The highest BCUT2D eigenvalue weighted by Crippen LogP contribution is 2.35. The highest BCUT2D eigenvalue weighted by molar-refractivity contribution is 5.85. The Hall–Kier alpha value is -1.92. The molecule has 1 aromatic rings. The summed E-state index contributed by atoms with van der Waals surface area (Å²) in [5, 5.41) is 11.0. The smallest absolute Gasteiger partial charge is 0.329 e. The summed E-state index contributed by atoms with van der Waals surface area (Å²) in [4.78, 5) is 28.0. The zero-order valence-corrected chi connectivity index (χ0v) is 20.7. The number of piperidine rings is 1. The molecule has 2 heterocycles. The molecule has 1 aromatic carbocycles. The van der Waals surface area contributed by atoms with Crippen molar-refractivity contribution in [2.24, 2.45) is 11.8 Å². The Balaban J connectivity index is 1.63. The van der Waals surface area contributed by atoms with Gasteiger partial charge in [0.1, 0.15) is 12.1 Å². The molecule has 1 amide bonds. The van der Waals surface area contributed by atoms with Crippen molar-refractivity contribution in [2.75, 3.05) is 6.54 Å². The molecule has 2 saturated heterocycles. The number of hydrogen-bond donors (Lipinski definition) is 1. The Morgan fingerprint density at radius 1 is 1.18 bits per heavy atom. The van der Waals surface area contributed by atoms with Crippen LogP contribution >= 0.6 is 0 Å². The molecule has 2 aliphatic rings. The molecule has 6 heteroatoms. The van der Waals surface area contributed by atoms with E-state index in [-0.39, 0.29) is 42.3 Å². The molecule has 2 aliphatic heterocycles. The van der Waals surface area contributed by atoms with Crippen LogP contribution in [0.1, 0.15) is 78.2 Å². The quantitative estimate of drug-likeness (QED) is 0.580. The summed E-state index contributed by atoms with van der Waals surface area (Å²) in [7, 11) is 0. The summed E-state index contributed by atoms with van der Waals surface area (Å²) in [6.07, 6.45) is 5.31. The van der Waals surface area contributed by atoms with Crippen LogP contribution in [0.3, 0.4) is 0 Å². The maximum Gasteiger partial charge on any atom is 0.329 e. The van der Waals surface area contributed by atoms with Crippen LogP contribution in [0.25, 0.3) is 0 Å². The van der Waals surface area contributed by atoms with E-state index < -0.39 is 11.8 Å². The van der Waals surface area contributed by atoms with Gasteiger partial charge in [-0.25, -0.2) is 4.79 Å². The molecular formula is C27H41NO5. The number of hydrogen-bond acceptors (Lipinski definition) is 5. The third kappa shape index (κ3) is 6.57. The zero-order chi connectivity index (χ0) is 24.0. The van der Waals surface area contributed by atoms with E-state index in [0.29, 0.717) is 13.0 Å². The van der Waals surface area contributed by atoms with Gasteiger partial charge in [0.25, 0.3) is 0 Å². The fourth-order valence-corrected chi connectivity index (χ4v) is 5.16. The van der Waals surface area contributed by atoms with Crippen molar-refractivity contribution in [3.63, 3.8) is 0 Å². The highest BCUT2D eigenvalue weighted by atomic mass is 16.6. The van der Waals surface area contributed by atoms with Crippen molar-refractivity contribution in [1.29, 1.82) is 0 Å². The molecule has 184 valence electrons. The molecule has 6 atom stereocenters. The van der Waals surface area contributed by atoms with Crippen LogP contribution < -0.4 is 0 Å². The van der Waals surface area contributed by atoms with Crippen LogP contribution in [-0.4, -0.2) is 52.5 Å². The zero-order valence-electron chi connectivity index (χ0n) is 20.7. The summed E-state index contributed by atoms with van der Waals surface area (Å²) >= 11 is 0. The summed E-state index contributed by atoms with van der Waals surface area (Å²) in [5.74, 6) is -1.96. The van der Waals surface area contributed by atoms with Crippen LogP contribution in [0, 0.1) is 11.8 Å². The fourth-order valence-electron chi connectivity index (χ4n) is 5.16. The van der Waals surface area contributed by atoms with Crippen LogP contribution in [0.4, 0.5) is 0 Å². The summed E-state index contributed by atoms with van der Waals surface area (Å²) in [5.41, 5.74) is 1.23. The number of amides is 1. The SMILES string of the molecule is CC[C@H](Cc1ccccc1)[C@H](C)OC(=O)[C@@H]1CCCCN1C(=O)C[C@]1(O)OC(C)CC[C@H]1C. The fraction of sp³-hybridized carbons (Fsp3) is 0.704. The van der Waals surface area contributed by atoms with Gasteiger partial charge in [-0.1, -0.05) is 44.2 Å². The second-order valence-corrected chi connectivity index (χ2v) is 10.0. The van der Waals surface area contributed by atoms with Gasteiger partial charge in [0.15, 0.2) is 5.79 Å². The summed E-state index contributed by atoms with van der Waals surface area (Å²) in [6, 6.07) is 9.64. The van der Waals surface area contributed by atoms with Gasteiger partial charge in [0, 0.05) is 12.5 Å². The largest absolute Gasteiger partial charge is 0.461 e. The van der Waals surface area contributed by atoms with Gasteiger partial charge >= 0.3 is 5.97 Å². The predicted molar refractivity (Wildman–Crippen MR) is 127 cm³/mol. The summed E-state index contributed by atoms with van der Waals surface area (Å²) in [6.45, 7) is 8.41. The van der Waals surface area contributed by atoms with Gasteiger partial charge in [-0.05, 0) is 70.3 Å². The third-order valence-corrected chi connectivity index (χ3v) is 7.51. The van der Waals surface area contributed by atoms with Crippen LogP contribution in [0.2, 0.25) is 0 Å². The van der Waals surface area contributed by atoms with Gasteiger partial charge in [-0.15, -0.1) is 0 Å². The number of rotatable bonds is 8. The van der Waals surface area contributed by atoms with Gasteiger partial charge in [0.05, 0.1) is 12.5 Å². The van der Waals surface area contributed by atoms with Gasteiger partial charge in [0.2, 0.25) is 5.91 Å². The van der Waals surface area contributed by atoms with Crippen LogP contribution in [-0.2, 0) is 25.5 Å². The van der Waals surface area contributed by atoms with E-state index in [2.05, 4.69) is 19.1 Å². The average Bonchev–Trinajstić information content (AvgIpc) is 2.80. The van der Waals surface area contributed by atoms with Crippen molar-refractivity contribution in [2.45, 2.75) is 103 Å². The molecule has 0 bridgehead atoms. The minimum Gasteiger partial charge on any atom is -0.461 e. The lowest BCUT2D eigenvalue weighted by Gasteiger charge is -2.42. The van der Waals surface area contributed by atoms with Crippen LogP contribution in [0.5, 0.6) is 0 Å². The number of aliphatic hydroxyl groups is 1. The molecular weight excluding hydrogens is 418 g/mol. The molecule has 33 heavy (non-hydrogen) atoms. The molecule has 2 fully saturated rings. The number of benzene rings is 1. The molecule has 6 nitrogen and oxygen atoms in total. The van der Waals surface area contributed by atoms with Crippen molar-refractivity contribution in [3.8, 4) is 0 Å². The number of nitrogens with zero attached hydrogens (tertiary/aromatic N) is 1. The van der Waals surface area contributed by atoms with E-state index in [1.807, 2.05) is 39.0 Å². The predicted octanol–water partition coefficient (Wildman–Crippen LogP) is 4.48. The number of carbonyl (C=O) groups excluding carboxylic acids is 2. The van der Waals surface area contributed by atoms with Crippen molar-refractivity contribution in [1.82, 2.24) is 4.90 Å². The van der Waals surface area contributed by atoms with Gasteiger partial charge in [-0.3, -0.25) is 4.79 Å². The first kappa shape index (κ1) is 25.7. The Labute approximate surface area is 198 Å². The molecule has 1 unspecified atom stereocenters. The first-order valence-corrected chi connectivity index (χ1v) is 12.7. The number of ether oxygens (including phenoxy) is 2. The Kier molecular flexibility index (Phi) is 8.94. The van der Waals surface area contributed by atoms with Crippen LogP contribution in [0.15, 0.2) is 30.3 Å². The topological polar surface area (TPSA) is 76.1 Å². The van der Waals surface area contributed by atoms with Crippen molar-refractivity contribution in [3.05, 3.63) is 35.9 Å². The maximum absolute atomic E-state index is 13.2.